The van der Waals surface area contributed by atoms with Gasteiger partial charge >= 0.3 is 0 Å². The summed E-state index contributed by atoms with van der Waals surface area (Å²) in [4.78, 5) is 17.8. The number of benzene rings is 1. The highest BCUT2D eigenvalue weighted by Crippen LogP contribution is 2.15. The lowest BCUT2D eigenvalue weighted by molar-refractivity contribution is 0.0768. The predicted molar refractivity (Wildman–Crippen MR) is 85.8 cm³/mol. The van der Waals surface area contributed by atoms with Crippen molar-refractivity contribution in [1.82, 2.24) is 9.88 Å². The van der Waals surface area contributed by atoms with Crippen LogP contribution >= 0.6 is 27.5 Å². The quantitative estimate of drug-likeness (QED) is 0.808. The Bertz CT molecular complexity index is 602. The van der Waals surface area contributed by atoms with E-state index in [1.807, 2.05) is 0 Å². The first-order valence-electron chi connectivity index (χ1n) is 6.31. The minimum Gasteiger partial charge on any atom is -0.492 e. The third kappa shape index (κ3) is 4.72. The van der Waals surface area contributed by atoms with Gasteiger partial charge in [-0.25, -0.2) is 4.98 Å². The second kappa shape index (κ2) is 7.43. The lowest BCUT2D eigenvalue weighted by atomic mass is 10.3. The van der Waals surface area contributed by atoms with Gasteiger partial charge in [-0.2, -0.15) is 0 Å². The third-order valence-electron chi connectivity index (χ3n) is 2.80. The fourth-order valence-electron chi connectivity index (χ4n) is 1.63. The fraction of sp³-hybridized carbons (Fsp3) is 0.200. The third-order valence-corrected chi connectivity index (χ3v) is 3.52. The van der Waals surface area contributed by atoms with E-state index in [2.05, 4.69) is 20.9 Å². The first-order valence-corrected chi connectivity index (χ1v) is 7.49. The topological polar surface area (TPSA) is 42.4 Å². The highest BCUT2D eigenvalue weighted by molar-refractivity contribution is 9.10. The van der Waals surface area contributed by atoms with Gasteiger partial charge in [-0.1, -0.05) is 11.6 Å². The van der Waals surface area contributed by atoms with Crippen molar-refractivity contribution in [2.45, 2.75) is 0 Å². The minimum atomic E-state index is -0.137. The van der Waals surface area contributed by atoms with Crippen molar-refractivity contribution in [2.24, 2.45) is 0 Å². The molecule has 0 N–H and O–H groups in total. The number of carbonyl (C=O) groups is 1. The Morgan fingerprint density at radius 3 is 2.62 bits per heavy atom. The summed E-state index contributed by atoms with van der Waals surface area (Å²) >= 11 is 9.09. The zero-order chi connectivity index (χ0) is 15.2. The van der Waals surface area contributed by atoms with E-state index in [0.717, 1.165) is 10.2 Å². The highest BCUT2D eigenvalue weighted by Gasteiger charge is 2.12. The van der Waals surface area contributed by atoms with Gasteiger partial charge in [0, 0.05) is 22.7 Å². The Labute approximate surface area is 136 Å². The van der Waals surface area contributed by atoms with Crippen molar-refractivity contribution < 1.29 is 9.53 Å². The summed E-state index contributed by atoms with van der Waals surface area (Å²) in [5.74, 6) is 0.587. The summed E-state index contributed by atoms with van der Waals surface area (Å²) in [6.45, 7) is 0.875. The SMILES string of the molecule is CN(CCOc1ccc(Cl)cc1)C(=O)c1ccc(Br)cn1. The number of halogens is 2. The number of nitrogens with zero attached hydrogens (tertiary/aromatic N) is 2. The van der Waals surface area contributed by atoms with Crippen LogP contribution in [0.3, 0.4) is 0 Å². The van der Waals surface area contributed by atoms with Crippen molar-refractivity contribution in [1.29, 1.82) is 0 Å². The number of rotatable bonds is 5. The van der Waals surface area contributed by atoms with E-state index < -0.39 is 0 Å². The van der Waals surface area contributed by atoms with Crippen LogP contribution in [0.1, 0.15) is 10.5 Å². The summed E-state index contributed by atoms with van der Waals surface area (Å²) in [6.07, 6.45) is 1.60. The fourth-order valence-corrected chi connectivity index (χ4v) is 1.99. The number of likely N-dealkylation sites (N-methyl/N-ethyl adjacent to an activating group) is 1. The summed E-state index contributed by atoms with van der Waals surface area (Å²) in [6, 6.07) is 10.6. The minimum absolute atomic E-state index is 0.137. The monoisotopic (exact) mass is 368 g/mol. The molecule has 0 aliphatic heterocycles. The summed E-state index contributed by atoms with van der Waals surface area (Å²) < 4.78 is 6.40. The van der Waals surface area contributed by atoms with Crippen LogP contribution in [0.4, 0.5) is 0 Å². The lowest BCUT2D eigenvalue weighted by Crippen LogP contribution is -2.31. The lowest BCUT2D eigenvalue weighted by Gasteiger charge is -2.17. The van der Waals surface area contributed by atoms with E-state index >= 15 is 0 Å². The first-order chi connectivity index (χ1) is 10.1. The normalized spacial score (nSPS) is 10.2. The van der Waals surface area contributed by atoms with Gasteiger partial charge in [0.2, 0.25) is 0 Å². The number of aromatic nitrogens is 1. The maximum absolute atomic E-state index is 12.1. The van der Waals surface area contributed by atoms with Crippen LogP contribution < -0.4 is 4.74 Å². The van der Waals surface area contributed by atoms with Gasteiger partial charge in [0.1, 0.15) is 18.1 Å². The molecule has 4 nitrogen and oxygen atoms in total. The second-order valence-electron chi connectivity index (χ2n) is 4.39. The highest BCUT2D eigenvalue weighted by atomic mass is 79.9. The molecule has 1 heterocycles. The Morgan fingerprint density at radius 2 is 2.00 bits per heavy atom. The number of pyridine rings is 1. The van der Waals surface area contributed by atoms with Crippen LogP contribution in [-0.4, -0.2) is 36.0 Å². The van der Waals surface area contributed by atoms with Crippen molar-refractivity contribution in [3.63, 3.8) is 0 Å². The maximum atomic E-state index is 12.1. The van der Waals surface area contributed by atoms with Gasteiger partial charge < -0.3 is 9.64 Å². The predicted octanol–water partition coefficient (Wildman–Crippen LogP) is 3.65. The molecule has 0 radical (unpaired) electrons. The molecule has 0 spiro atoms. The number of hydrogen-bond acceptors (Lipinski definition) is 3. The van der Waals surface area contributed by atoms with Gasteiger partial charge in [-0.05, 0) is 52.3 Å². The van der Waals surface area contributed by atoms with E-state index in [9.17, 15) is 4.79 Å². The molecule has 0 saturated carbocycles. The van der Waals surface area contributed by atoms with E-state index in [1.165, 1.54) is 0 Å². The standard InChI is InChI=1S/C15H14BrClN2O2/c1-19(15(20)14-7-2-11(16)10-18-14)8-9-21-13-5-3-12(17)4-6-13/h2-7,10H,8-9H2,1H3. The number of ether oxygens (including phenoxy) is 1. The van der Waals surface area contributed by atoms with E-state index in [-0.39, 0.29) is 5.91 Å². The molecule has 0 fully saturated rings. The van der Waals surface area contributed by atoms with Crippen LogP contribution in [0.15, 0.2) is 47.1 Å². The van der Waals surface area contributed by atoms with Crippen LogP contribution in [0.2, 0.25) is 5.02 Å². The molecule has 0 aliphatic rings. The Morgan fingerprint density at radius 1 is 1.29 bits per heavy atom. The van der Waals surface area contributed by atoms with Crippen molar-refractivity contribution in [3.8, 4) is 5.75 Å². The number of hydrogen-bond donors (Lipinski definition) is 0. The zero-order valence-electron chi connectivity index (χ0n) is 11.4. The van der Waals surface area contributed by atoms with E-state index in [1.54, 1.807) is 54.5 Å². The van der Waals surface area contributed by atoms with Crippen molar-refractivity contribution in [3.05, 3.63) is 57.8 Å². The second-order valence-corrected chi connectivity index (χ2v) is 5.74. The van der Waals surface area contributed by atoms with Gasteiger partial charge in [-0.3, -0.25) is 4.79 Å². The first kappa shape index (κ1) is 15.8. The molecule has 1 aromatic heterocycles. The average molecular weight is 370 g/mol. The summed E-state index contributed by atoms with van der Waals surface area (Å²) in [5, 5.41) is 0.663. The Hall–Kier alpha value is -1.59. The van der Waals surface area contributed by atoms with Crippen LogP contribution in [0, 0.1) is 0 Å². The molecule has 1 amide bonds. The van der Waals surface area contributed by atoms with E-state index in [4.69, 9.17) is 16.3 Å². The van der Waals surface area contributed by atoms with Gasteiger partial charge in [0.05, 0.1) is 6.54 Å². The maximum Gasteiger partial charge on any atom is 0.272 e. The smallest absolute Gasteiger partial charge is 0.272 e. The molecule has 2 aromatic rings. The van der Waals surface area contributed by atoms with Gasteiger partial charge in [0.15, 0.2) is 0 Å². The Kier molecular flexibility index (Phi) is 5.59. The summed E-state index contributed by atoms with van der Waals surface area (Å²) in [5.41, 5.74) is 0.409. The molecule has 21 heavy (non-hydrogen) atoms. The number of carbonyl (C=O) groups excluding carboxylic acids is 1. The van der Waals surface area contributed by atoms with Gasteiger partial charge in [0.25, 0.3) is 5.91 Å². The largest absolute Gasteiger partial charge is 0.492 e. The number of amides is 1. The average Bonchev–Trinajstić information content (AvgIpc) is 2.49. The molecule has 0 bridgehead atoms. The molecule has 0 saturated heterocycles. The molecule has 110 valence electrons. The van der Waals surface area contributed by atoms with Crippen molar-refractivity contribution >= 4 is 33.4 Å². The van der Waals surface area contributed by atoms with Crippen molar-refractivity contribution in [2.75, 3.05) is 20.2 Å². The molecule has 0 atom stereocenters. The molecular weight excluding hydrogens is 356 g/mol. The molecule has 6 heteroatoms. The van der Waals surface area contributed by atoms with Crippen LogP contribution in [0.5, 0.6) is 5.75 Å². The van der Waals surface area contributed by atoms with E-state index in [0.29, 0.717) is 23.9 Å². The van der Waals surface area contributed by atoms with Crippen LogP contribution in [0.25, 0.3) is 0 Å². The Balaban J connectivity index is 1.83. The molecular formula is C15H14BrClN2O2. The molecule has 0 unspecified atom stereocenters. The zero-order valence-corrected chi connectivity index (χ0v) is 13.8. The molecule has 1 aromatic carbocycles. The molecule has 0 aliphatic carbocycles. The molecule has 2 rings (SSSR count). The van der Waals surface area contributed by atoms with Gasteiger partial charge in [-0.15, -0.1) is 0 Å². The summed E-state index contributed by atoms with van der Waals surface area (Å²) in [7, 11) is 1.72. The van der Waals surface area contributed by atoms with Crippen LogP contribution in [-0.2, 0) is 0 Å².